The minimum atomic E-state index is 0.528. The number of nitrogens with one attached hydrogen (secondary N) is 1. The third-order valence-corrected chi connectivity index (χ3v) is 3.54. The molecule has 1 aromatic heterocycles. The molecule has 0 atom stereocenters. The van der Waals surface area contributed by atoms with Gasteiger partial charge in [0.2, 0.25) is 5.88 Å². The summed E-state index contributed by atoms with van der Waals surface area (Å²) in [6.45, 7) is 3.08. The molecule has 0 fully saturated rings. The van der Waals surface area contributed by atoms with Gasteiger partial charge in [-0.25, -0.2) is 4.98 Å². The van der Waals surface area contributed by atoms with Crippen molar-refractivity contribution in [2.45, 2.75) is 13.2 Å². The van der Waals surface area contributed by atoms with Crippen LogP contribution in [-0.4, -0.2) is 36.0 Å². The zero-order valence-electron chi connectivity index (χ0n) is 12.7. The first-order chi connectivity index (χ1) is 10.8. The molecule has 0 saturated heterocycles. The Hall–Kier alpha value is -2.56. The number of guanidine groups is 1. The summed E-state index contributed by atoms with van der Waals surface area (Å²) in [5.74, 6) is 1.59. The third kappa shape index (κ3) is 3.75. The van der Waals surface area contributed by atoms with Crippen LogP contribution in [0, 0.1) is 0 Å². The average molecular weight is 296 g/mol. The van der Waals surface area contributed by atoms with Crippen LogP contribution < -0.4 is 10.1 Å². The molecule has 0 unspecified atom stereocenters. The van der Waals surface area contributed by atoms with Crippen LogP contribution in [-0.2, 0) is 13.2 Å². The Kier molecular flexibility index (Phi) is 4.53. The molecule has 22 heavy (non-hydrogen) atoms. The second kappa shape index (κ2) is 6.93. The van der Waals surface area contributed by atoms with E-state index in [1.807, 2.05) is 49.5 Å². The summed E-state index contributed by atoms with van der Waals surface area (Å²) in [6, 6.07) is 14.0. The number of rotatable bonds is 5. The van der Waals surface area contributed by atoms with E-state index < -0.39 is 0 Å². The van der Waals surface area contributed by atoms with Gasteiger partial charge in [-0.1, -0.05) is 30.3 Å². The Labute approximate surface area is 130 Å². The maximum absolute atomic E-state index is 5.75. The fourth-order valence-electron chi connectivity index (χ4n) is 2.28. The van der Waals surface area contributed by atoms with Crippen molar-refractivity contribution < 1.29 is 4.74 Å². The van der Waals surface area contributed by atoms with Gasteiger partial charge in [-0.15, -0.1) is 0 Å². The number of aromatic nitrogens is 1. The van der Waals surface area contributed by atoms with Crippen molar-refractivity contribution in [3.05, 3.63) is 59.8 Å². The molecule has 1 aliphatic rings. The van der Waals surface area contributed by atoms with Gasteiger partial charge in [-0.2, -0.15) is 0 Å². The van der Waals surface area contributed by atoms with E-state index in [9.17, 15) is 0 Å². The van der Waals surface area contributed by atoms with Gasteiger partial charge < -0.3 is 15.0 Å². The Balaban J connectivity index is 1.55. The molecule has 0 bridgehead atoms. The largest absolute Gasteiger partial charge is 0.473 e. The number of hydrogen-bond acceptors (Lipinski definition) is 5. The van der Waals surface area contributed by atoms with E-state index in [0.29, 0.717) is 19.0 Å². The Morgan fingerprint density at radius 3 is 2.82 bits per heavy atom. The molecule has 0 radical (unpaired) electrons. The maximum Gasteiger partial charge on any atom is 0.213 e. The second-order valence-corrected chi connectivity index (χ2v) is 5.26. The van der Waals surface area contributed by atoms with Crippen LogP contribution in [0.3, 0.4) is 0 Å². The Morgan fingerprint density at radius 2 is 2.05 bits per heavy atom. The lowest BCUT2D eigenvalue weighted by atomic mass is 10.2. The number of likely N-dealkylation sites (N-methyl/N-ethyl adjacent to an activating group) is 1. The second-order valence-electron chi connectivity index (χ2n) is 5.26. The molecule has 5 heteroatoms. The predicted molar refractivity (Wildman–Crippen MR) is 86.8 cm³/mol. The summed E-state index contributed by atoms with van der Waals surface area (Å²) < 4.78 is 5.75. The minimum Gasteiger partial charge on any atom is -0.473 e. The van der Waals surface area contributed by atoms with Gasteiger partial charge in [0, 0.05) is 32.4 Å². The van der Waals surface area contributed by atoms with Gasteiger partial charge in [0.05, 0.1) is 6.54 Å². The van der Waals surface area contributed by atoms with Gasteiger partial charge in [0.15, 0.2) is 5.96 Å². The first-order valence-corrected chi connectivity index (χ1v) is 7.42. The molecular formula is C17H20N4O. The standard InChI is InChI=1S/C17H20N4O/c1-21-10-9-19-17(21)20-12-15-7-8-18-16(11-15)22-13-14-5-3-2-4-6-14/h2-8,11H,9-10,12-13H2,1H3,(H,19,20). The predicted octanol–water partition coefficient (Wildman–Crippen LogP) is 2.05. The number of pyridine rings is 1. The first-order valence-electron chi connectivity index (χ1n) is 7.42. The van der Waals surface area contributed by atoms with Gasteiger partial charge in [-0.3, -0.25) is 4.99 Å². The van der Waals surface area contributed by atoms with E-state index in [2.05, 4.69) is 20.2 Å². The molecule has 0 saturated carbocycles. The van der Waals surface area contributed by atoms with Crippen LogP contribution in [0.1, 0.15) is 11.1 Å². The van der Waals surface area contributed by atoms with Crippen molar-refractivity contribution in [3.8, 4) is 5.88 Å². The molecule has 5 nitrogen and oxygen atoms in total. The van der Waals surface area contributed by atoms with Crippen molar-refractivity contribution in [2.24, 2.45) is 4.99 Å². The van der Waals surface area contributed by atoms with Crippen LogP contribution in [0.5, 0.6) is 5.88 Å². The van der Waals surface area contributed by atoms with Crippen molar-refractivity contribution in [1.82, 2.24) is 15.2 Å². The molecule has 1 aromatic carbocycles. The first kappa shape index (κ1) is 14.4. The van der Waals surface area contributed by atoms with Gasteiger partial charge in [0.1, 0.15) is 6.61 Å². The molecule has 3 rings (SSSR count). The lowest BCUT2D eigenvalue weighted by Crippen LogP contribution is -2.35. The smallest absolute Gasteiger partial charge is 0.213 e. The summed E-state index contributed by atoms with van der Waals surface area (Å²) in [6.07, 6.45) is 1.78. The summed E-state index contributed by atoms with van der Waals surface area (Å²) in [5.41, 5.74) is 2.26. The highest BCUT2D eigenvalue weighted by atomic mass is 16.5. The van der Waals surface area contributed by atoms with Crippen molar-refractivity contribution in [3.63, 3.8) is 0 Å². The molecule has 0 spiro atoms. The SMILES string of the molecule is CN1CCN=C1NCc1ccnc(OCc2ccccc2)c1. The van der Waals surface area contributed by atoms with E-state index in [-0.39, 0.29) is 0 Å². The number of ether oxygens (including phenoxy) is 1. The molecular weight excluding hydrogens is 276 g/mol. The molecule has 2 aromatic rings. The summed E-state index contributed by atoms with van der Waals surface area (Å²) in [4.78, 5) is 10.8. The van der Waals surface area contributed by atoms with Crippen LogP contribution in [0.15, 0.2) is 53.7 Å². The van der Waals surface area contributed by atoms with Crippen molar-refractivity contribution in [1.29, 1.82) is 0 Å². The molecule has 2 heterocycles. The van der Waals surface area contributed by atoms with Gasteiger partial charge >= 0.3 is 0 Å². The topological polar surface area (TPSA) is 49.8 Å². The van der Waals surface area contributed by atoms with Crippen LogP contribution in [0.4, 0.5) is 0 Å². The fourth-order valence-corrected chi connectivity index (χ4v) is 2.28. The molecule has 1 N–H and O–H groups in total. The molecule has 1 aliphatic heterocycles. The quantitative estimate of drug-likeness (QED) is 0.917. The van der Waals surface area contributed by atoms with Crippen LogP contribution >= 0.6 is 0 Å². The number of benzene rings is 1. The highest BCUT2D eigenvalue weighted by molar-refractivity contribution is 5.81. The summed E-state index contributed by atoms with van der Waals surface area (Å²) in [5, 5.41) is 3.34. The van der Waals surface area contributed by atoms with Crippen molar-refractivity contribution in [2.75, 3.05) is 20.1 Å². The van der Waals surface area contributed by atoms with Gasteiger partial charge in [-0.05, 0) is 17.2 Å². The number of aliphatic imine (C=N–C) groups is 1. The Morgan fingerprint density at radius 1 is 1.18 bits per heavy atom. The number of hydrogen-bond donors (Lipinski definition) is 1. The lowest BCUT2D eigenvalue weighted by Gasteiger charge is -2.15. The van der Waals surface area contributed by atoms with Crippen molar-refractivity contribution >= 4 is 5.96 Å². The molecule has 0 amide bonds. The van der Waals surface area contributed by atoms with Crippen LogP contribution in [0.2, 0.25) is 0 Å². The normalized spacial score (nSPS) is 13.9. The fraction of sp³-hybridized carbons (Fsp3) is 0.294. The van der Waals surface area contributed by atoms with Gasteiger partial charge in [0.25, 0.3) is 0 Å². The minimum absolute atomic E-state index is 0.528. The third-order valence-electron chi connectivity index (χ3n) is 3.54. The van der Waals surface area contributed by atoms with E-state index >= 15 is 0 Å². The molecule has 114 valence electrons. The zero-order chi connectivity index (χ0) is 15.2. The van der Waals surface area contributed by atoms with Crippen LogP contribution in [0.25, 0.3) is 0 Å². The van der Waals surface area contributed by atoms with E-state index in [0.717, 1.165) is 30.2 Å². The van der Waals surface area contributed by atoms with E-state index in [1.165, 1.54) is 0 Å². The summed E-state index contributed by atoms with van der Waals surface area (Å²) >= 11 is 0. The number of nitrogens with zero attached hydrogens (tertiary/aromatic N) is 3. The Bertz CT molecular complexity index is 642. The highest BCUT2D eigenvalue weighted by Crippen LogP contribution is 2.12. The van der Waals surface area contributed by atoms with E-state index in [1.54, 1.807) is 6.20 Å². The average Bonchev–Trinajstić information content (AvgIpc) is 2.98. The maximum atomic E-state index is 5.75. The zero-order valence-corrected chi connectivity index (χ0v) is 12.7. The molecule has 0 aliphatic carbocycles. The van der Waals surface area contributed by atoms with E-state index in [4.69, 9.17) is 4.74 Å². The highest BCUT2D eigenvalue weighted by Gasteiger charge is 2.11. The lowest BCUT2D eigenvalue weighted by molar-refractivity contribution is 0.293. The summed E-state index contributed by atoms with van der Waals surface area (Å²) in [7, 11) is 2.04. The monoisotopic (exact) mass is 296 g/mol.